The molecule has 1 unspecified atom stereocenters. The van der Waals surface area contributed by atoms with E-state index in [9.17, 15) is 4.79 Å². The summed E-state index contributed by atoms with van der Waals surface area (Å²) in [6.45, 7) is 3.62. The fraction of sp³-hybridized carbons (Fsp3) is 0.500. The van der Waals surface area contributed by atoms with Crippen LogP contribution in [-0.4, -0.2) is 37.0 Å². The number of hydrogen-bond acceptors (Lipinski definition) is 3. The average Bonchev–Trinajstić information content (AvgIpc) is 3.27. The van der Waals surface area contributed by atoms with Crippen LogP contribution >= 0.6 is 22.7 Å². The summed E-state index contributed by atoms with van der Waals surface area (Å²) >= 11 is 3.69. The van der Waals surface area contributed by atoms with Gasteiger partial charge in [0.2, 0.25) is 0 Å². The largest absolute Gasteiger partial charge is 0.338 e. The van der Waals surface area contributed by atoms with Gasteiger partial charge >= 0.3 is 0 Å². The van der Waals surface area contributed by atoms with Crippen LogP contribution in [0.25, 0.3) is 0 Å². The van der Waals surface area contributed by atoms with Crippen molar-refractivity contribution in [2.24, 2.45) is 0 Å². The molecule has 4 rings (SSSR count). The highest BCUT2D eigenvalue weighted by Crippen LogP contribution is 2.31. The van der Waals surface area contributed by atoms with Crippen LogP contribution in [0.15, 0.2) is 29.0 Å². The third-order valence-corrected chi connectivity index (χ3v) is 7.02. The molecule has 0 aliphatic carbocycles. The number of piperidine rings is 1. The summed E-state index contributed by atoms with van der Waals surface area (Å²) in [5, 5.41) is 4.36. The van der Waals surface area contributed by atoms with Crippen LogP contribution in [0.1, 0.15) is 40.6 Å². The smallest absolute Gasteiger partial charge is 0.277 e. The Kier molecular flexibility index (Phi) is 4.51. The number of carbonyl (C=O) groups excluding carboxylic acids is 1. The maximum Gasteiger partial charge on any atom is 0.277 e. The molecule has 0 aromatic carbocycles. The first-order valence-corrected chi connectivity index (χ1v) is 10.3. The first kappa shape index (κ1) is 15.4. The van der Waals surface area contributed by atoms with Crippen LogP contribution in [-0.2, 0) is 11.2 Å². The van der Waals surface area contributed by atoms with Crippen molar-refractivity contribution in [3.63, 3.8) is 0 Å². The second-order valence-corrected chi connectivity index (χ2v) is 8.50. The summed E-state index contributed by atoms with van der Waals surface area (Å²) in [7, 11) is 0. The van der Waals surface area contributed by atoms with E-state index in [2.05, 4.69) is 33.9 Å². The van der Waals surface area contributed by atoms with Gasteiger partial charge in [0.25, 0.3) is 5.91 Å². The number of amides is 1. The highest BCUT2D eigenvalue weighted by atomic mass is 32.1. The van der Waals surface area contributed by atoms with Crippen LogP contribution in [0.2, 0.25) is 0 Å². The molecule has 1 saturated heterocycles. The van der Waals surface area contributed by atoms with E-state index in [-0.39, 0.29) is 0 Å². The standard InChI is InChI=1S/C18H22N2OS2/c21-17(19-8-2-1-3-9-19)13-20-10-6-15-14(7-12-23-15)18(20)16-5-4-11-22-16/h4-5,7,11-12,18H,1-3,6,8-10,13H2/p+1/t18-/m1/s1. The number of nitrogens with one attached hydrogen (secondary N) is 1. The summed E-state index contributed by atoms with van der Waals surface area (Å²) in [5.41, 5.74) is 1.45. The molecule has 0 radical (unpaired) electrons. The van der Waals surface area contributed by atoms with Gasteiger partial charge in [0, 0.05) is 30.0 Å². The fourth-order valence-corrected chi connectivity index (χ4v) is 5.72. The van der Waals surface area contributed by atoms with E-state index in [0.29, 0.717) is 18.5 Å². The minimum Gasteiger partial charge on any atom is -0.338 e. The Morgan fingerprint density at radius 2 is 2.04 bits per heavy atom. The molecule has 2 aromatic rings. The average molecular weight is 348 g/mol. The molecule has 1 amide bonds. The van der Waals surface area contributed by atoms with Gasteiger partial charge in [-0.3, -0.25) is 4.79 Å². The van der Waals surface area contributed by atoms with Gasteiger partial charge in [0.15, 0.2) is 6.54 Å². The molecule has 0 spiro atoms. The number of quaternary nitrogens is 1. The number of rotatable bonds is 3. The predicted molar refractivity (Wildman–Crippen MR) is 95.3 cm³/mol. The molecule has 122 valence electrons. The fourth-order valence-electron chi connectivity index (χ4n) is 3.90. The van der Waals surface area contributed by atoms with Crippen molar-refractivity contribution >= 4 is 28.6 Å². The predicted octanol–water partition coefficient (Wildman–Crippen LogP) is 2.35. The van der Waals surface area contributed by atoms with Gasteiger partial charge in [-0.05, 0) is 42.2 Å². The maximum absolute atomic E-state index is 12.7. The first-order valence-electron chi connectivity index (χ1n) is 8.55. The summed E-state index contributed by atoms with van der Waals surface area (Å²) in [5.74, 6) is 0.347. The van der Waals surface area contributed by atoms with Crippen molar-refractivity contribution in [2.75, 3.05) is 26.2 Å². The molecule has 23 heavy (non-hydrogen) atoms. The lowest BCUT2D eigenvalue weighted by molar-refractivity contribution is -0.919. The van der Waals surface area contributed by atoms with E-state index in [1.165, 1.54) is 39.5 Å². The Labute approximate surface area is 145 Å². The third-order valence-electron chi connectivity index (χ3n) is 5.09. The molecular weight excluding hydrogens is 324 g/mol. The number of fused-ring (bicyclic) bond motifs is 1. The van der Waals surface area contributed by atoms with E-state index >= 15 is 0 Å². The Morgan fingerprint density at radius 1 is 1.17 bits per heavy atom. The van der Waals surface area contributed by atoms with Crippen molar-refractivity contribution in [3.05, 3.63) is 44.3 Å². The molecule has 4 heterocycles. The Bertz CT molecular complexity index is 658. The van der Waals surface area contributed by atoms with E-state index in [4.69, 9.17) is 0 Å². The second kappa shape index (κ2) is 6.75. The Hall–Kier alpha value is -1.17. The lowest BCUT2D eigenvalue weighted by Gasteiger charge is -2.34. The number of likely N-dealkylation sites (tertiary alicyclic amines) is 1. The van der Waals surface area contributed by atoms with E-state index < -0.39 is 0 Å². The summed E-state index contributed by atoms with van der Waals surface area (Å²) in [6.07, 6.45) is 4.72. The van der Waals surface area contributed by atoms with Gasteiger partial charge in [0.1, 0.15) is 6.04 Å². The molecule has 2 aromatic heterocycles. The molecule has 5 heteroatoms. The van der Waals surface area contributed by atoms with Gasteiger partial charge in [0.05, 0.1) is 11.4 Å². The summed E-state index contributed by atoms with van der Waals surface area (Å²) in [4.78, 5) is 19.2. The zero-order valence-electron chi connectivity index (χ0n) is 13.3. The summed E-state index contributed by atoms with van der Waals surface area (Å²) < 4.78 is 0. The van der Waals surface area contributed by atoms with Gasteiger partial charge in [-0.2, -0.15) is 0 Å². The number of thiophene rings is 2. The maximum atomic E-state index is 12.7. The van der Waals surface area contributed by atoms with Crippen LogP contribution in [0.5, 0.6) is 0 Å². The zero-order chi connectivity index (χ0) is 15.6. The number of hydrogen-bond donors (Lipinski definition) is 1. The monoisotopic (exact) mass is 347 g/mol. The molecule has 1 N–H and O–H groups in total. The van der Waals surface area contributed by atoms with Crippen molar-refractivity contribution < 1.29 is 9.69 Å². The van der Waals surface area contributed by atoms with Crippen LogP contribution in [0, 0.1) is 0 Å². The van der Waals surface area contributed by atoms with E-state index in [0.717, 1.165) is 26.1 Å². The normalized spacial score (nSPS) is 24.4. The SMILES string of the molecule is O=C(C[NH+]1CCc2sccc2[C@@H]1c1cccs1)N1CCCCC1. The van der Waals surface area contributed by atoms with Crippen molar-refractivity contribution in [2.45, 2.75) is 31.7 Å². The Balaban J connectivity index is 1.56. The topological polar surface area (TPSA) is 24.8 Å². The molecular formula is C18H23N2OS2+. The lowest BCUT2D eigenvalue weighted by atomic mass is 9.98. The van der Waals surface area contributed by atoms with Crippen molar-refractivity contribution in [1.29, 1.82) is 0 Å². The molecule has 2 aliphatic heterocycles. The minimum absolute atomic E-state index is 0.346. The highest BCUT2D eigenvalue weighted by molar-refractivity contribution is 7.10. The van der Waals surface area contributed by atoms with Crippen molar-refractivity contribution in [1.82, 2.24) is 4.90 Å². The van der Waals surface area contributed by atoms with Gasteiger partial charge in [-0.15, -0.1) is 22.7 Å². The van der Waals surface area contributed by atoms with Crippen LogP contribution < -0.4 is 4.90 Å². The second-order valence-electron chi connectivity index (χ2n) is 6.52. The van der Waals surface area contributed by atoms with Crippen LogP contribution in [0.3, 0.4) is 0 Å². The molecule has 3 nitrogen and oxygen atoms in total. The van der Waals surface area contributed by atoms with Crippen LogP contribution in [0.4, 0.5) is 0 Å². The highest BCUT2D eigenvalue weighted by Gasteiger charge is 2.36. The third kappa shape index (κ3) is 3.10. The van der Waals surface area contributed by atoms with Gasteiger partial charge in [-0.25, -0.2) is 0 Å². The summed E-state index contributed by atoms with van der Waals surface area (Å²) in [6, 6.07) is 6.98. The molecule has 0 bridgehead atoms. The van der Waals surface area contributed by atoms with Gasteiger partial charge in [-0.1, -0.05) is 6.07 Å². The minimum atomic E-state index is 0.346. The molecule has 2 aliphatic rings. The lowest BCUT2D eigenvalue weighted by Crippen LogP contribution is -3.14. The molecule has 1 fully saturated rings. The van der Waals surface area contributed by atoms with E-state index in [1.54, 1.807) is 0 Å². The van der Waals surface area contributed by atoms with Gasteiger partial charge < -0.3 is 9.80 Å². The zero-order valence-corrected chi connectivity index (χ0v) is 14.9. The van der Waals surface area contributed by atoms with Crippen molar-refractivity contribution in [3.8, 4) is 0 Å². The quantitative estimate of drug-likeness (QED) is 0.906. The molecule has 2 atom stereocenters. The Morgan fingerprint density at radius 3 is 2.83 bits per heavy atom. The number of nitrogens with zero attached hydrogens (tertiary/aromatic N) is 1. The first-order chi connectivity index (χ1) is 11.3. The van der Waals surface area contributed by atoms with E-state index in [1.807, 2.05) is 22.7 Å². The molecule has 0 saturated carbocycles. The number of carbonyl (C=O) groups is 1.